The average molecular weight is 259 g/mol. The molecule has 1 amide bonds. The fraction of sp³-hybridized carbons (Fsp3) is 0.286. The van der Waals surface area contributed by atoms with Crippen LogP contribution in [0.2, 0.25) is 0 Å². The van der Waals surface area contributed by atoms with Crippen molar-refractivity contribution in [2.24, 2.45) is 0 Å². The molecular weight excluding hydrogens is 242 g/mol. The van der Waals surface area contributed by atoms with E-state index in [0.717, 1.165) is 5.39 Å². The SMILES string of the molecule is CC(C)(C)OC(=O)Nc1ccc(N)c2ncccc12. The van der Waals surface area contributed by atoms with Crippen LogP contribution >= 0.6 is 0 Å². The summed E-state index contributed by atoms with van der Waals surface area (Å²) in [6, 6.07) is 7.10. The Hall–Kier alpha value is -2.30. The number of hydrogen-bond acceptors (Lipinski definition) is 4. The summed E-state index contributed by atoms with van der Waals surface area (Å²) in [5.74, 6) is 0. The van der Waals surface area contributed by atoms with Gasteiger partial charge in [-0.05, 0) is 45.0 Å². The van der Waals surface area contributed by atoms with Gasteiger partial charge in [-0.3, -0.25) is 10.3 Å². The number of amides is 1. The first-order chi connectivity index (χ1) is 8.87. The Kier molecular flexibility index (Phi) is 3.29. The van der Waals surface area contributed by atoms with Crippen molar-refractivity contribution in [3.05, 3.63) is 30.5 Å². The zero-order valence-electron chi connectivity index (χ0n) is 11.2. The Morgan fingerprint density at radius 1 is 1.32 bits per heavy atom. The minimum atomic E-state index is -0.536. The van der Waals surface area contributed by atoms with Crippen LogP contribution in [-0.4, -0.2) is 16.7 Å². The highest BCUT2D eigenvalue weighted by Crippen LogP contribution is 2.26. The smallest absolute Gasteiger partial charge is 0.412 e. The van der Waals surface area contributed by atoms with Gasteiger partial charge in [0.1, 0.15) is 5.60 Å². The molecule has 0 spiro atoms. The highest BCUT2D eigenvalue weighted by atomic mass is 16.6. The summed E-state index contributed by atoms with van der Waals surface area (Å²) in [6.45, 7) is 5.44. The van der Waals surface area contributed by atoms with Crippen LogP contribution in [0, 0.1) is 0 Å². The Labute approximate surface area is 111 Å². The van der Waals surface area contributed by atoms with E-state index in [-0.39, 0.29) is 0 Å². The first-order valence-electron chi connectivity index (χ1n) is 6.00. The number of hydrogen-bond donors (Lipinski definition) is 2. The van der Waals surface area contributed by atoms with Crippen LogP contribution in [0.25, 0.3) is 10.9 Å². The topological polar surface area (TPSA) is 77.2 Å². The minimum absolute atomic E-state index is 0.498. The molecular formula is C14H17N3O2. The van der Waals surface area contributed by atoms with E-state index in [2.05, 4.69) is 10.3 Å². The van der Waals surface area contributed by atoms with E-state index in [0.29, 0.717) is 16.9 Å². The number of fused-ring (bicyclic) bond motifs is 1. The summed E-state index contributed by atoms with van der Waals surface area (Å²) < 4.78 is 5.22. The Morgan fingerprint density at radius 3 is 2.74 bits per heavy atom. The number of carbonyl (C=O) groups excluding carboxylic acids is 1. The van der Waals surface area contributed by atoms with Gasteiger partial charge < -0.3 is 10.5 Å². The van der Waals surface area contributed by atoms with Crippen molar-refractivity contribution in [1.29, 1.82) is 0 Å². The van der Waals surface area contributed by atoms with Crippen LogP contribution in [0.4, 0.5) is 16.2 Å². The van der Waals surface area contributed by atoms with Gasteiger partial charge in [0.05, 0.1) is 16.9 Å². The third-order valence-electron chi connectivity index (χ3n) is 2.44. The second-order valence-electron chi connectivity index (χ2n) is 5.23. The number of rotatable bonds is 1. The number of benzene rings is 1. The van der Waals surface area contributed by atoms with Crippen LogP contribution < -0.4 is 11.1 Å². The third-order valence-corrected chi connectivity index (χ3v) is 2.44. The van der Waals surface area contributed by atoms with E-state index in [1.165, 1.54) is 0 Å². The number of pyridine rings is 1. The molecule has 5 heteroatoms. The molecule has 19 heavy (non-hydrogen) atoms. The van der Waals surface area contributed by atoms with Crippen molar-refractivity contribution in [1.82, 2.24) is 4.98 Å². The quantitative estimate of drug-likeness (QED) is 0.771. The van der Waals surface area contributed by atoms with Crippen molar-refractivity contribution < 1.29 is 9.53 Å². The second-order valence-corrected chi connectivity index (χ2v) is 5.23. The molecule has 1 aromatic carbocycles. The van der Waals surface area contributed by atoms with Crippen LogP contribution in [0.15, 0.2) is 30.5 Å². The lowest BCUT2D eigenvalue weighted by Gasteiger charge is -2.20. The number of aromatic nitrogens is 1. The molecule has 0 bridgehead atoms. The second kappa shape index (κ2) is 4.76. The number of ether oxygens (including phenoxy) is 1. The lowest BCUT2D eigenvalue weighted by Crippen LogP contribution is -2.27. The monoisotopic (exact) mass is 259 g/mol. The highest BCUT2D eigenvalue weighted by Gasteiger charge is 2.17. The van der Waals surface area contributed by atoms with Gasteiger partial charge in [-0.2, -0.15) is 0 Å². The average Bonchev–Trinajstić information content (AvgIpc) is 2.31. The molecule has 0 unspecified atom stereocenters. The first kappa shape index (κ1) is 13.1. The summed E-state index contributed by atoms with van der Waals surface area (Å²) in [6.07, 6.45) is 1.16. The van der Waals surface area contributed by atoms with Gasteiger partial charge in [0, 0.05) is 11.6 Å². The van der Waals surface area contributed by atoms with Gasteiger partial charge in [0.25, 0.3) is 0 Å². The zero-order valence-corrected chi connectivity index (χ0v) is 11.2. The minimum Gasteiger partial charge on any atom is -0.444 e. The molecule has 0 aliphatic rings. The summed E-state index contributed by atoms with van der Waals surface area (Å²) >= 11 is 0. The predicted octanol–water partition coefficient (Wildman–Crippen LogP) is 3.16. The number of anilines is 2. The maximum atomic E-state index is 11.8. The van der Waals surface area contributed by atoms with Crippen molar-refractivity contribution >= 4 is 28.4 Å². The molecule has 0 radical (unpaired) electrons. The van der Waals surface area contributed by atoms with Gasteiger partial charge in [-0.15, -0.1) is 0 Å². The lowest BCUT2D eigenvalue weighted by molar-refractivity contribution is 0.0636. The fourth-order valence-electron chi connectivity index (χ4n) is 1.72. The van der Waals surface area contributed by atoms with Gasteiger partial charge in [0.15, 0.2) is 0 Å². The highest BCUT2D eigenvalue weighted by molar-refractivity contribution is 6.02. The molecule has 0 aliphatic heterocycles. The van der Waals surface area contributed by atoms with Crippen molar-refractivity contribution in [3.63, 3.8) is 0 Å². The van der Waals surface area contributed by atoms with Gasteiger partial charge in [0.2, 0.25) is 0 Å². The van der Waals surface area contributed by atoms with Crippen molar-refractivity contribution in [2.75, 3.05) is 11.1 Å². The first-order valence-corrected chi connectivity index (χ1v) is 6.00. The number of nitrogens with one attached hydrogen (secondary N) is 1. The number of carbonyl (C=O) groups is 1. The van der Waals surface area contributed by atoms with Crippen LogP contribution in [-0.2, 0) is 4.74 Å². The van der Waals surface area contributed by atoms with Gasteiger partial charge >= 0.3 is 6.09 Å². The molecule has 1 aromatic heterocycles. The van der Waals surface area contributed by atoms with Crippen LogP contribution in [0.3, 0.4) is 0 Å². The van der Waals surface area contributed by atoms with Gasteiger partial charge in [-0.25, -0.2) is 4.79 Å². The van der Waals surface area contributed by atoms with E-state index in [4.69, 9.17) is 10.5 Å². The Balaban J connectivity index is 2.31. The maximum absolute atomic E-state index is 11.8. The molecule has 0 atom stereocenters. The summed E-state index contributed by atoms with van der Waals surface area (Å²) in [4.78, 5) is 16.0. The summed E-state index contributed by atoms with van der Waals surface area (Å²) in [7, 11) is 0. The number of nitrogen functional groups attached to an aromatic ring is 1. The molecule has 0 saturated carbocycles. The van der Waals surface area contributed by atoms with E-state index in [1.807, 2.05) is 26.8 Å². The van der Waals surface area contributed by atoms with E-state index in [1.54, 1.807) is 24.4 Å². The number of nitrogens with zero attached hydrogens (tertiary/aromatic N) is 1. The molecule has 100 valence electrons. The van der Waals surface area contributed by atoms with Gasteiger partial charge in [-0.1, -0.05) is 0 Å². The molecule has 0 fully saturated rings. The zero-order chi connectivity index (χ0) is 14.0. The fourth-order valence-corrected chi connectivity index (χ4v) is 1.72. The van der Waals surface area contributed by atoms with Crippen LogP contribution in [0.5, 0.6) is 0 Å². The molecule has 0 aliphatic carbocycles. The lowest BCUT2D eigenvalue weighted by atomic mass is 10.1. The molecule has 0 saturated heterocycles. The third kappa shape index (κ3) is 3.13. The van der Waals surface area contributed by atoms with E-state index >= 15 is 0 Å². The standard InChI is InChI=1S/C14H17N3O2/c1-14(2,3)19-13(18)17-11-7-6-10(15)12-9(11)5-4-8-16-12/h4-8H,15H2,1-3H3,(H,17,18). The number of nitrogens with two attached hydrogens (primary N) is 1. The van der Waals surface area contributed by atoms with E-state index < -0.39 is 11.7 Å². The van der Waals surface area contributed by atoms with Crippen molar-refractivity contribution in [2.45, 2.75) is 26.4 Å². The maximum Gasteiger partial charge on any atom is 0.412 e. The molecule has 1 heterocycles. The predicted molar refractivity (Wildman–Crippen MR) is 76.0 cm³/mol. The Morgan fingerprint density at radius 2 is 2.05 bits per heavy atom. The molecule has 5 nitrogen and oxygen atoms in total. The summed E-state index contributed by atoms with van der Waals surface area (Å²) in [5.41, 5.74) is 7.18. The van der Waals surface area contributed by atoms with Crippen molar-refractivity contribution in [3.8, 4) is 0 Å². The molecule has 3 N–H and O–H groups in total. The molecule has 2 rings (SSSR count). The largest absolute Gasteiger partial charge is 0.444 e. The van der Waals surface area contributed by atoms with E-state index in [9.17, 15) is 4.79 Å². The Bertz CT molecular complexity index is 618. The summed E-state index contributed by atoms with van der Waals surface area (Å²) in [5, 5.41) is 3.50. The van der Waals surface area contributed by atoms with Crippen LogP contribution in [0.1, 0.15) is 20.8 Å². The normalized spacial score (nSPS) is 11.3. The molecule has 2 aromatic rings.